The van der Waals surface area contributed by atoms with Crippen LogP contribution < -0.4 is 21.1 Å². The number of hydrogen-bond donors (Lipinski definition) is 2. The van der Waals surface area contributed by atoms with Gasteiger partial charge in [0.15, 0.2) is 5.69 Å². The molecule has 0 atom stereocenters. The summed E-state index contributed by atoms with van der Waals surface area (Å²) in [5.74, 6) is -1.41. The minimum atomic E-state index is -0.647. The highest BCUT2D eigenvalue weighted by Crippen LogP contribution is 2.24. The minimum absolute atomic E-state index is 0.0312. The number of halogens is 2. The normalized spacial score (nSPS) is 10.8. The second-order valence-electron chi connectivity index (χ2n) is 7.31. The number of hydrazine groups is 1. The van der Waals surface area contributed by atoms with Gasteiger partial charge in [0.1, 0.15) is 11.6 Å². The molecule has 3 rings (SSSR count). The molecule has 0 saturated heterocycles. The second kappa shape index (κ2) is 11.4. The van der Waals surface area contributed by atoms with Crippen LogP contribution in [-0.4, -0.2) is 28.2 Å². The topological polar surface area (TPSA) is 102 Å². The Bertz CT molecular complexity index is 1210. The molecule has 8 nitrogen and oxygen atoms in total. The van der Waals surface area contributed by atoms with Crippen molar-refractivity contribution in [2.45, 2.75) is 39.2 Å². The molecule has 2 aromatic carbocycles. The Morgan fingerprint density at radius 1 is 1.12 bits per heavy atom. The molecule has 10 heteroatoms. The molecule has 0 fully saturated rings. The molecule has 2 N–H and O–H groups in total. The van der Waals surface area contributed by atoms with Crippen molar-refractivity contribution >= 4 is 34.2 Å². The van der Waals surface area contributed by atoms with Gasteiger partial charge < -0.3 is 4.74 Å². The molecule has 0 saturated carbocycles. The van der Waals surface area contributed by atoms with Crippen molar-refractivity contribution in [3.63, 3.8) is 0 Å². The second-order valence-corrected chi connectivity index (χ2v) is 7.71. The van der Waals surface area contributed by atoms with Crippen molar-refractivity contribution in [3.8, 4) is 5.75 Å². The number of hydrogen-bond acceptors (Lipinski definition) is 5. The third-order valence-electron chi connectivity index (χ3n) is 4.85. The van der Waals surface area contributed by atoms with E-state index in [2.05, 4.69) is 22.9 Å². The number of nitrogens with zero attached hydrogens (tertiary/aromatic N) is 2. The summed E-state index contributed by atoms with van der Waals surface area (Å²) in [5, 5.41) is 5.11. The summed E-state index contributed by atoms with van der Waals surface area (Å²) in [4.78, 5) is 37.5. The van der Waals surface area contributed by atoms with Gasteiger partial charge in [0.05, 0.1) is 23.4 Å². The summed E-state index contributed by atoms with van der Waals surface area (Å²) in [6.45, 7) is 2.42. The van der Waals surface area contributed by atoms with Crippen LogP contribution in [-0.2, 0) is 11.3 Å². The predicted molar refractivity (Wildman–Crippen MR) is 123 cm³/mol. The summed E-state index contributed by atoms with van der Waals surface area (Å²) >= 11 is 5.87. The van der Waals surface area contributed by atoms with Crippen molar-refractivity contribution in [1.82, 2.24) is 20.6 Å². The smallest absolute Gasteiger partial charge is 0.290 e. The Hall–Kier alpha value is -3.46. The van der Waals surface area contributed by atoms with Gasteiger partial charge in [0.25, 0.3) is 11.5 Å². The van der Waals surface area contributed by atoms with Crippen LogP contribution in [0.4, 0.5) is 4.39 Å². The maximum atomic E-state index is 13.1. The lowest BCUT2D eigenvalue weighted by Gasteiger charge is -2.12. The van der Waals surface area contributed by atoms with E-state index in [0.29, 0.717) is 17.3 Å². The molecule has 0 spiro atoms. The zero-order valence-corrected chi connectivity index (χ0v) is 18.8. The van der Waals surface area contributed by atoms with Gasteiger partial charge in [0, 0.05) is 11.9 Å². The predicted octanol–water partition coefficient (Wildman–Crippen LogP) is 3.61. The Morgan fingerprint density at radius 3 is 2.61 bits per heavy atom. The molecular weight excluding hydrogens is 451 g/mol. The summed E-state index contributed by atoms with van der Waals surface area (Å²) < 4.78 is 19.7. The number of fused-ring (bicyclic) bond motifs is 1. The molecular formula is C23H24ClFN4O4. The number of aromatic nitrogens is 2. The lowest BCUT2D eigenvalue weighted by molar-refractivity contribution is -0.122. The van der Waals surface area contributed by atoms with Crippen LogP contribution in [0, 0.1) is 5.82 Å². The van der Waals surface area contributed by atoms with E-state index in [-0.39, 0.29) is 35.1 Å². The largest absolute Gasteiger partial charge is 0.491 e. The first-order valence-electron chi connectivity index (χ1n) is 10.6. The fourth-order valence-electron chi connectivity index (χ4n) is 3.16. The number of nitrogens with one attached hydrogen (secondary N) is 2. The van der Waals surface area contributed by atoms with E-state index in [1.165, 1.54) is 16.8 Å². The van der Waals surface area contributed by atoms with Gasteiger partial charge in [-0.05, 0) is 30.7 Å². The third kappa shape index (κ3) is 6.29. The number of rotatable bonds is 9. The molecule has 0 radical (unpaired) electrons. The molecule has 1 aromatic heterocycles. The molecule has 0 aliphatic rings. The van der Waals surface area contributed by atoms with Gasteiger partial charge in [0.2, 0.25) is 5.91 Å². The molecule has 0 unspecified atom stereocenters. The monoisotopic (exact) mass is 474 g/mol. The van der Waals surface area contributed by atoms with E-state index >= 15 is 0 Å². The van der Waals surface area contributed by atoms with E-state index in [1.807, 2.05) is 0 Å². The number of benzene rings is 2. The summed E-state index contributed by atoms with van der Waals surface area (Å²) in [6, 6.07) is 10.4. The fraction of sp³-hybridized carbons (Fsp3) is 0.304. The zero-order valence-electron chi connectivity index (χ0n) is 18.1. The lowest BCUT2D eigenvalue weighted by atomic mass is 10.1. The average molecular weight is 475 g/mol. The van der Waals surface area contributed by atoms with Crippen LogP contribution in [0.15, 0.2) is 47.3 Å². The SMILES string of the molecule is CCCCCn1nc(C(=O)NNC(=O)CCOc2ccc(F)cc2Cl)c2ccccc2c1=O. The van der Waals surface area contributed by atoms with Crippen molar-refractivity contribution in [2.75, 3.05) is 6.61 Å². The maximum absolute atomic E-state index is 13.1. The molecule has 0 aliphatic heterocycles. The minimum Gasteiger partial charge on any atom is -0.491 e. The van der Waals surface area contributed by atoms with Crippen LogP contribution in [0.2, 0.25) is 5.02 Å². The van der Waals surface area contributed by atoms with Crippen LogP contribution in [0.5, 0.6) is 5.75 Å². The van der Waals surface area contributed by atoms with Gasteiger partial charge in [-0.2, -0.15) is 5.10 Å². The van der Waals surface area contributed by atoms with E-state index in [1.54, 1.807) is 24.3 Å². The third-order valence-corrected chi connectivity index (χ3v) is 5.15. The summed E-state index contributed by atoms with van der Waals surface area (Å²) in [7, 11) is 0. The van der Waals surface area contributed by atoms with E-state index < -0.39 is 17.6 Å². The molecule has 33 heavy (non-hydrogen) atoms. The van der Waals surface area contributed by atoms with Gasteiger partial charge in [-0.25, -0.2) is 9.07 Å². The fourth-order valence-corrected chi connectivity index (χ4v) is 3.38. The van der Waals surface area contributed by atoms with Crippen molar-refractivity contribution in [1.29, 1.82) is 0 Å². The van der Waals surface area contributed by atoms with Gasteiger partial charge >= 0.3 is 0 Å². The van der Waals surface area contributed by atoms with Gasteiger partial charge in [-0.1, -0.05) is 49.6 Å². The highest BCUT2D eigenvalue weighted by Gasteiger charge is 2.17. The highest BCUT2D eigenvalue weighted by molar-refractivity contribution is 6.32. The average Bonchev–Trinajstić information content (AvgIpc) is 2.80. The first-order valence-corrected chi connectivity index (χ1v) is 11.0. The van der Waals surface area contributed by atoms with Gasteiger partial charge in [-0.3, -0.25) is 25.2 Å². The molecule has 3 aromatic rings. The van der Waals surface area contributed by atoms with Crippen LogP contribution >= 0.6 is 11.6 Å². The van der Waals surface area contributed by atoms with E-state index in [0.717, 1.165) is 25.3 Å². The van der Waals surface area contributed by atoms with Crippen molar-refractivity contribution < 1.29 is 18.7 Å². The zero-order chi connectivity index (χ0) is 23.8. The number of carbonyl (C=O) groups is 2. The number of aryl methyl sites for hydroxylation is 1. The van der Waals surface area contributed by atoms with E-state index in [4.69, 9.17) is 16.3 Å². The van der Waals surface area contributed by atoms with Crippen LogP contribution in [0.3, 0.4) is 0 Å². The highest BCUT2D eigenvalue weighted by atomic mass is 35.5. The Morgan fingerprint density at radius 2 is 1.88 bits per heavy atom. The molecule has 174 valence electrons. The first kappa shape index (κ1) is 24.2. The standard InChI is InChI=1S/C23H24ClFN4O4/c1-2-3-6-12-29-23(32)17-8-5-4-7-16(17)21(28-29)22(31)27-26-20(30)11-13-33-19-10-9-15(25)14-18(19)24/h4-5,7-10,14H,2-3,6,11-13H2,1H3,(H,26,30)(H,27,31). The van der Waals surface area contributed by atoms with E-state index in [9.17, 15) is 18.8 Å². The molecule has 0 bridgehead atoms. The Balaban J connectivity index is 1.63. The quantitative estimate of drug-likeness (QED) is 0.364. The summed E-state index contributed by atoms with van der Waals surface area (Å²) in [6.07, 6.45) is 2.60. The van der Waals surface area contributed by atoms with Crippen LogP contribution in [0.25, 0.3) is 10.8 Å². The Kier molecular flexibility index (Phi) is 8.37. The first-order chi connectivity index (χ1) is 15.9. The summed E-state index contributed by atoms with van der Waals surface area (Å²) in [5.41, 5.74) is 4.40. The number of ether oxygens (including phenoxy) is 1. The van der Waals surface area contributed by atoms with Gasteiger partial charge in [-0.15, -0.1) is 0 Å². The van der Waals surface area contributed by atoms with Crippen LogP contribution in [0.1, 0.15) is 43.1 Å². The number of carbonyl (C=O) groups excluding carboxylic acids is 2. The Labute approximate surface area is 194 Å². The lowest BCUT2D eigenvalue weighted by Crippen LogP contribution is -2.43. The number of unbranched alkanes of at least 4 members (excludes halogenated alkanes) is 2. The number of amides is 2. The van der Waals surface area contributed by atoms with Crippen molar-refractivity contribution in [3.05, 3.63) is 69.4 Å². The molecule has 2 amide bonds. The molecule has 0 aliphatic carbocycles. The maximum Gasteiger partial charge on any atom is 0.290 e. The van der Waals surface area contributed by atoms with Crippen molar-refractivity contribution in [2.24, 2.45) is 0 Å². The molecule has 1 heterocycles.